The van der Waals surface area contributed by atoms with Crippen LogP contribution in [0.5, 0.6) is 0 Å². The average molecular weight is 212 g/mol. The molecule has 0 saturated heterocycles. The lowest BCUT2D eigenvalue weighted by atomic mass is 10.3. The highest BCUT2D eigenvalue weighted by Crippen LogP contribution is 2.20. The fraction of sp³-hybridized carbons (Fsp3) is 0. The number of benzene rings is 1. The Kier molecular flexibility index (Phi) is 2.31. The molecule has 1 aromatic carbocycles. The first kappa shape index (κ1) is 10.0. The average Bonchev–Trinajstić information content (AvgIpc) is 1.95. The third kappa shape index (κ3) is 1.81. The standard InChI is InChI=1S/C6H3F3O3S/c7-3-1-2-4(8)6(5(3)9)13(10,11)12/h1-2H,(H,10,11,12). The van der Waals surface area contributed by atoms with Crippen LogP contribution in [0, 0.1) is 17.5 Å². The van der Waals surface area contributed by atoms with Gasteiger partial charge in [0.05, 0.1) is 0 Å². The Morgan fingerprint density at radius 1 is 1.08 bits per heavy atom. The van der Waals surface area contributed by atoms with Crippen LogP contribution >= 0.6 is 0 Å². The van der Waals surface area contributed by atoms with Crippen LogP contribution < -0.4 is 0 Å². The molecule has 0 atom stereocenters. The SMILES string of the molecule is O=S(=O)(O)c1c(F)ccc(F)c1F. The first-order valence-electron chi connectivity index (χ1n) is 2.95. The van der Waals surface area contributed by atoms with E-state index in [1.54, 1.807) is 0 Å². The fourth-order valence-corrected chi connectivity index (χ4v) is 1.38. The number of hydrogen-bond donors (Lipinski definition) is 1. The van der Waals surface area contributed by atoms with E-state index in [2.05, 4.69) is 0 Å². The topological polar surface area (TPSA) is 54.4 Å². The molecule has 0 unspecified atom stereocenters. The fourth-order valence-electron chi connectivity index (χ4n) is 0.745. The maximum atomic E-state index is 12.6. The van der Waals surface area contributed by atoms with Crippen molar-refractivity contribution in [3.8, 4) is 0 Å². The molecule has 3 nitrogen and oxygen atoms in total. The lowest BCUT2D eigenvalue weighted by molar-refractivity contribution is 0.432. The largest absolute Gasteiger partial charge is 0.300 e. The van der Waals surface area contributed by atoms with Crippen molar-refractivity contribution >= 4 is 10.1 Å². The summed E-state index contributed by atoms with van der Waals surface area (Å²) in [4.78, 5) is -1.67. The van der Waals surface area contributed by atoms with Gasteiger partial charge >= 0.3 is 10.1 Å². The zero-order chi connectivity index (χ0) is 10.2. The van der Waals surface area contributed by atoms with Crippen LogP contribution in [0.3, 0.4) is 0 Å². The minimum absolute atomic E-state index is 0.404. The number of halogens is 3. The summed E-state index contributed by atoms with van der Waals surface area (Å²) in [5.41, 5.74) is 0. The van der Waals surface area contributed by atoms with Gasteiger partial charge in [-0.05, 0) is 12.1 Å². The summed E-state index contributed by atoms with van der Waals surface area (Å²) in [6.45, 7) is 0. The molecule has 7 heteroatoms. The van der Waals surface area contributed by atoms with Crippen LogP contribution in [-0.2, 0) is 10.1 Å². The molecular weight excluding hydrogens is 209 g/mol. The van der Waals surface area contributed by atoms with Gasteiger partial charge in [0.1, 0.15) is 5.82 Å². The molecule has 13 heavy (non-hydrogen) atoms. The summed E-state index contributed by atoms with van der Waals surface area (Å²) in [6, 6.07) is 0.820. The Morgan fingerprint density at radius 2 is 1.54 bits per heavy atom. The normalized spacial score (nSPS) is 11.7. The van der Waals surface area contributed by atoms with Crippen LogP contribution in [0.15, 0.2) is 17.0 Å². The molecule has 0 heterocycles. The van der Waals surface area contributed by atoms with Crippen molar-refractivity contribution in [1.82, 2.24) is 0 Å². The van der Waals surface area contributed by atoms with Crippen molar-refractivity contribution < 1.29 is 26.1 Å². The Hall–Kier alpha value is -1.08. The minimum atomic E-state index is -5.08. The Balaban J connectivity index is 3.62. The third-order valence-corrected chi connectivity index (χ3v) is 2.15. The number of rotatable bonds is 1. The van der Waals surface area contributed by atoms with Gasteiger partial charge in [0.15, 0.2) is 16.5 Å². The van der Waals surface area contributed by atoms with Crippen LogP contribution in [0.4, 0.5) is 13.2 Å². The van der Waals surface area contributed by atoms with Crippen molar-refractivity contribution in [3.05, 3.63) is 29.6 Å². The highest BCUT2D eigenvalue weighted by atomic mass is 32.2. The van der Waals surface area contributed by atoms with E-state index in [1.165, 1.54) is 0 Å². The van der Waals surface area contributed by atoms with Crippen molar-refractivity contribution in [1.29, 1.82) is 0 Å². The molecule has 1 rings (SSSR count). The van der Waals surface area contributed by atoms with Crippen molar-refractivity contribution in [2.45, 2.75) is 4.90 Å². The highest BCUT2D eigenvalue weighted by Gasteiger charge is 2.24. The van der Waals surface area contributed by atoms with E-state index in [0.717, 1.165) is 0 Å². The number of hydrogen-bond acceptors (Lipinski definition) is 2. The summed E-state index contributed by atoms with van der Waals surface area (Å²) < 4.78 is 66.5. The molecule has 0 radical (unpaired) electrons. The Bertz CT molecular complexity index is 441. The van der Waals surface area contributed by atoms with Crippen molar-refractivity contribution in [2.75, 3.05) is 0 Å². The lowest BCUT2D eigenvalue weighted by Crippen LogP contribution is -2.06. The van der Waals surface area contributed by atoms with E-state index in [-0.39, 0.29) is 0 Å². The molecule has 0 bridgehead atoms. The Labute approximate surface area is 71.6 Å². The highest BCUT2D eigenvalue weighted by molar-refractivity contribution is 7.85. The first-order valence-corrected chi connectivity index (χ1v) is 4.39. The monoisotopic (exact) mass is 212 g/mol. The van der Waals surface area contributed by atoms with E-state index >= 15 is 0 Å². The second-order valence-corrected chi connectivity index (χ2v) is 3.51. The van der Waals surface area contributed by atoms with Gasteiger partial charge < -0.3 is 0 Å². The molecule has 0 fully saturated rings. The van der Waals surface area contributed by atoms with Gasteiger partial charge in [0, 0.05) is 0 Å². The predicted molar refractivity (Wildman–Crippen MR) is 36.1 cm³/mol. The van der Waals surface area contributed by atoms with Crippen LogP contribution in [-0.4, -0.2) is 13.0 Å². The molecular formula is C6H3F3O3S. The maximum absolute atomic E-state index is 12.6. The summed E-state index contributed by atoms with van der Waals surface area (Å²) in [6.07, 6.45) is 0. The van der Waals surface area contributed by atoms with Gasteiger partial charge in [-0.2, -0.15) is 8.42 Å². The first-order chi connectivity index (χ1) is 5.84. The lowest BCUT2D eigenvalue weighted by Gasteiger charge is -2.00. The molecule has 1 N–H and O–H groups in total. The molecule has 0 aliphatic rings. The predicted octanol–water partition coefficient (Wildman–Crippen LogP) is 1.35. The molecule has 0 spiro atoms. The summed E-state index contributed by atoms with van der Waals surface area (Å²) in [7, 11) is -5.08. The van der Waals surface area contributed by atoms with Crippen LogP contribution in [0.1, 0.15) is 0 Å². The van der Waals surface area contributed by atoms with Gasteiger partial charge in [-0.15, -0.1) is 0 Å². The molecule has 1 aromatic rings. The molecule has 0 aliphatic heterocycles. The third-order valence-electron chi connectivity index (χ3n) is 1.26. The molecule has 0 amide bonds. The molecule has 72 valence electrons. The van der Waals surface area contributed by atoms with E-state index in [0.29, 0.717) is 12.1 Å². The molecule has 0 aromatic heterocycles. The van der Waals surface area contributed by atoms with E-state index < -0.39 is 32.5 Å². The van der Waals surface area contributed by atoms with Gasteiger partial charge in [-0.3, -0.25) is 4.55 Å². The summed E-state index contributed by atoms with van der Waals surface area (Å²) >= 11 is 0. The quantitative estimate of drug-likeness (QED) is 0.564. The van der Waals surface area contributed by atoms with Crippen molar-refractivity contribution in [2.24, 2.45) is 0 Å². The second kappa shape index (κ2) is 3.00. The van der Waals surface area contributed by atoms with E-state index in [9.17, 15) is 21.6 Å². The van der Waals surface area contributed by atoms with Crippen LogP contribution in [0.25, 0.3) is 0 Å². The smallest absolute Gasteiger partial charge is 0.282 e. The summed E-state index contributed by atoms with van der Waals surface area (Å²) in [5.74, 6) is -5.02. The molecule has 0 saturated carbocycles. The van der Waals surface area contributed by atoms with Gasteiger partial charge in [0.2, 0.25) is 0 Å². The molecule has 0 aliphatic carbocycles. The second-order valence-electron chi connectivity index (χ2n) is 2.15. The minimum Gasteiger partial charge on any atom is -0.282 e. The van der Waals surface area contributed by atoms with E-state index in [4.69, 9.17) is 4.55 Å². The van der Waals surface area contributed by atoms with E-state index in [1.807, 2.05) is 0 Å². The van der Waals surface area contributed by atoms with Gasteiger partial charge in [-0.1, -0.05) is 0 Å². The zero-order valence-electron chi connectivity index (χ0n) is 5.96. The van der Waals surface area contributed by atoms with Gasteiger partial charge in [-0.25, -0.2) is 13.2 Å². The zero-order valence-corrected chi connectivity index (χ0v) is 6.78. The summed E-state index contributed by atoms with van der Waals surface area (Å²) in [5, 5.41) is 0. The van der Waals surface area contributed by atoms with Crippen LogP contribution in [0.2, 0.25) is 0 Å². The van der Waals surface area contributed by atoms with Crippen molar-refractivity contribution in [3.63, 3.8) is 0 Å². The maximum Gasteiger partial charge on any atom is 0.300 e. The Morgan fingerprint density at radius 3 is 1.92 bits per heavy atom. The van der Waals surface area contributed by atoms with Gasteiger partial charge in [0.25, 0.3) is 0 Å².